The number of nitrogens with two attached hydrogens (primary N) is 1. The van der Waals surface area contributed by atoms with E-state index in [0.717, 1.165) is 37.3 Å². The SMILES string of the molecule is NC(=O)[C@H]1CCC[NH+](Cc2ncc(-c3ccc(Cl)cc3)o2)C1. The largest absolute Gasteiger partial charge is 0.435 e. The standard InChI is InChI=1S/C16H18ClN3O2/c17-13-5-3-11(4-6-13)14-8-19-15(22-14)10-20-7-1-2-12(9-20)16(18)21/h3-6,8,12H,1-2,7,9-10H2,(H2,18,21)/p+1/t12-/m0/s1. The van der Waals surface area contributed by atoms with Crippen molar-refractivity contribution in [2.75, 3.05) is 13.1 Å². The minimum atomic E-state index is -0.202. The number of primary amides is 1. The van der Waals surface area contributed by atoms with Crippen molar-refractivity contribution in [2.24, 2.45) is 11.7 Å². The molecule has 2 aromatic rings. The van der Waals surface area contributed by atoms with E-state index < -0.39 is 0 Å². The zero-order valence-corrected chi connectivity index (χ0v) is 13.0. The summed E-state index contributed by atoms with van der Waals surface area (Å²) in [5.41, 5.74) is 6.36. The number of quaternary nitrogens is 1. The van der Waals surface area contributed by atoms with Crippen LogP contribution in [0.5, 0.6) is 0 Å². The van der Waals surface area contributed by atoms with Gasteiger partial charge in [0.05, 0.1) is 25.2 Å². The lowest BCUT2D eigenvalue weighted by atomic mass is 9.97. The summed E-state index contributed by atoms with van der Waals surface area (Å²) in [4.78, 5) is 17.0. The van der Waals surface area contributed by atoms with Gasteiger partial charge in [-0.2, -0.15) is 0 Å². The smallest absolute Gasteiger partial charge is 0.250 e. The maximum atomic E-state index is 11.3. The third-order valence-corrected chi connectivity index (χ3v) is 4.36. The topological polar surface area (TPSA) is 73.6 Å². The van der Waals surface area contributed by atoms with Crippen LogP contribution in [0.25, 0.3) is 11.3 Å². The fourth-order valence-corrected chi connectivity index (χ4v) is 3.03. The number of halogens is 1. The quantitative estimate of drug-likeness (QED) is 0.891. The van der Waals surface area contributed by atoms with E-state index in [1.807, 2.05) is 24.3 Å². The second kappa shape index (κ2) is 6.50. The second-order valence-corrected chi connectivity index (χ2v) is 6.18. The fraction of sp³-hybridized carbons (Fsp3) is 0.375. The number of nitrogens with zero attached hydrogens (tertiary/aromatic N) is 1. The minimum Gasteiger partial charge on any atom is -0.435 e. The Labute approximate surface area is 134 Å². The number of likely N-dealkylation sites (tertiary alicyclic amines) is 1. The summed E-state index contributed by atoms with van der Waals surface area (Å²) < 4.78 is 5.82. The van der Waals surface area contributed by atoms with Gasteiger partial charge in [-0.3, -0.25) is 4.79 Å². The van der Waals surface area contributed by atoms with E-state index in [4.69, 9.17) is 21.8 Å². The highest BCUT2D eigenvalue weighted by Crippen LogP contribution is 2.22. The third kappa shape index (κ3) is 3.48. The molecule has 3 N–H and O–H groups in total. The number of oxazole rings is 1. The Kier molecular flexibility index (Phi) is 4.45. The van der Waals surface area contributed by atoms with E-state index in [0.29, 0.717) is 17.5 Å². The lowest BCUT2D eigenvalue weighted by Crippen LogP contribution is -3.12. The van der Waals surface area contributed by atoms with Crippen molar-refractivity contribution in [3.8, 4) is 11.3 Å². The molecule has 1 aliphatic rings. The molecule has 1 aromatic carbocycles. The molecule has 22 heavy (non-hydrogen) atoms. The average molecular weight is 321 g/mol. The lowest BCUT2D eigenvalue weighted by molar-refractivity contribution is -0.922. The highest BCUT2D eigenvalue weighted by molar-refractivity contribution is 6.30. The number of carbonyl (C=O) groups excluding carboxylic acids is 1. The summed E-state index contributed by atoms with van der Waals surface area (Å²) in [6.07, 6.45) is 3.63. The van der Waals surface area contributed by atoms with Gasteiger partial charge < -0.3 is 15.1 Å². The zero-order chi connectivity index (χ0) is 15.5. The molecule has 2 atom stereocenters. The summed E-state index contributed by atoms with van der Waals surface area (Å²) in [5, 5.41) is 0.693. The van der Waals surface area contributed by atoms with Crippen molar-refractivity contribution >= 4 is 17.5 Å². The number of benzene rings is 1. The number of hydrogen-bond donors (Lipinski definition) is 2. The van der Waals surface area contributed by atoms with Gasteiger partial charge in [0, 0.05) is 10.6 Å². The van der Waals surface area contributed by atoms with Crippen LogP contribution < -0.4 is 10.6 Å². The highest BCUT2D eigenvalue weighted by atomic mass is 35.5. The van der Waals surface area contributed by atoms with Crippen LogP contribution in [-0.2, 0) is 11.3 Å². The molecule has 1 fully saturated rings. The summed E-state index contributed by atoms with van der Waals surface area (Å²) in [7, 11) is 0. The molecule has 0 saturated carbocycles. The van der Waals surface area contributed by atoms with Crippen molar-refractivity contribution in [3.63, 3.8) is 0 Å². The Balaban J connectivity index is 1.66. The molecule has 3 rings (SSSR count). The number of rotatable bonds is 4. The summed E-state index contributed by atoms with van der Waals surface area (Å²) in [6.45, 7) is 2.45. The second-order valence-electron chi connectivity index (χ2n) is 5.75. The Morgan fingerprint density at radius 1 is 1.41 bits per heavy atom. The number of aromatic nitrogens is 1. The Bertz CT molecular complexity index is 654. The first-order valence-corrected chi connectivity index (χ1v) is 7.83. The molecule has 2 heterocycles. The van der Waals surface area contributed by atoms with Crippen molar-refractivity contribution < 1.29 is 14.1 Å². The normalized spacial score (nSPS) is 21.7. The number of piperidine rings is 1. The molecule has 5 nitrogen and oxygen atoms in total. The van der Waals surface area contributed by atoms with Crippen molar-refractivity contribution in [2.45, 2.75) is 19.4 Å². The van der Waals surface area contributed by atoms with E-state index in [1.165, 1.54) is 4.90 Å². The number of amides is 1. The van der Waals surface area contributed by atoms with Gasteiger partial charge in [0.2, 0.25) is 5.91 Å². The molecule has 0 radical (unpaired) electrons. The van der Waals surface area contributed by atoms with Crippen LogP contribution in [0.4, 0.5) is 0 Å². The van der Waals surface area contributed by atoms with Gasteiger partial charge in [0.25, 0.3) is 5.89 Å². The Hall–Kier alpha value is -1.85. The molecule has 0 aliphatic carbocycles. The molecule has 1 aromatic heterocycles. The van der Waals surface area contributed by atoms with Gasteiger partial charge in [-0.1, -0.05) is 11.6 Å². The maximum Gasteiger partial charge on any atom is 0.250 e. The van der Waals surface area contributed by atoms with Crippen LogP contribution in [0.3, 0.4) is 0 Å². The first-order valence-electron chi connectivity index (χ1n) is 7.45. The Morgan fingerprint density at radius 3 is 2.91 bits per heavy atom. The van der Waals surface area contributed by atoms with E-state index >= 15 is 0 Å². The third-order valence-electron chi connectivity index (χ3n) is 4.10. The highest BCUT2D eigenvalue weighted by Gasteiger charge is 2.28. The first-order chi connectivity index (χ1) is 10.6. The number of carbonyl (C=O) groups is 1. The predicted octanol–water partition coefficient (Wildman–Crippen LogP) is 1.28. The van der Waals surface area contributed by atoms with Gasteiger partial charge in [-0.25, -0.2) is 4.98 Å². The summed E-state index contributed by atoms with van der Waals surface area (Å²) in [5.74, 6) is 1.18. The summed E-state index contributed by atoms with van der Waals surface area (Å²) >= 11 is 5.89. The molecule has 6 heteroatoms. The zero-order valence-electron chi connectivity index (χ0n) is 12.2. The van der Waals surface area contributed by atoms with Crippen LogP contribution in [0.2, 0.25) is 5.02 Å². The fourth-order valence-electron chi connectivity index (χ4n) is 2.91. The van der Waals surface area contributed by atoms with Crippen LogP contribution in [-0.4, -0.2) is 24.0 Å². The molecule has 0 bridgehead atoms. The van der Waals surface area contributed by atoms with Crippen LogP contribution in [0, 0.1) is 5.92 Å². The predicted molar refractivity (Wildman–Crippen MR) is 83.3 cm³/mol. The van der Waals surface area contributed by atoms with Crippen LogP contribution in [0.15, 0.2) is 34.9 Å². The molecular weight excluding hydrogens is 302 g/mol. The van der Waals surface area contributed by atoms with Gasteiger partial charge in [-0.05, 0) is 37.1 Å². The van der Waals surface area contributed by atoms with Gasteiger partial charge in [0.15, 0.2) is 12.3 Å². The molecule has 1 amide bonds. The summed E-state index contributed by atoms with van der Waals surface area (Å²) in [6, 6.07) is 7.46. The molecule has 0 spiro atoms. The molecular formula is C16H19ClN3O2+. The monoisotopic (exact) mass is 320 g/mol. The maximum absolute atomic E-state index is 11.3. The number of hydrogen-bond acceptors (Lipinski definition) is 3. The Morgan fingerprint density at radius 2 is 2.18 bits per heavy atom. The molecule has 116 valence electrons. The van der Waals surface area contributed by atoms with E-state index in [1.54, 1.807) is 6.20 Å². The molecule has 1 unspecified atom stereocenters. The van der Waals surface area contributed by atoms with E-state index in [2.05, 4.69) is 4.98 Å². The van der Waals surface area contributed by atoms with E-state index in [9.17, 15) is 4.79 Å². The van der Waals surface area contributed by atoms with Gasteiger partial charge in [-0.15, -0.1) is 0 Å². The van der Waals surface area contributed by atoms with Gasteiger partial charge >= 0.3 is 0 Å². The first kappa shape index (κ1) is 15.1. The van der Waals surface area contributed by atoms with E-state index in [-0.39, 0.29) is 11.8 Å². The van der Waals surface area contributed by atoms with Crippen molar-refractivity contribution in [1.29, 1.82) is 0 Å². The van der Waals surface area contributed by atoms with Crippen LogP contribution in [0.1, 0.15) is 18.7 Å². The number of nitrogens with one attached hydrogen (secondary N) is 1. The van der Waals surface area contributed by atoms with Crippen LogP contribution >= 0.6 is 11.6 Å². The van der Waals surface area contributed by atoms with Crippen molar-refractivity contribution in [3.05, 3.63) is 41.4 Å². The minimum absolute atomic E-state index is 0.0329. The average Bonchev–Trinajstić information content (AvgIpc) is 2.96. The van der Waals surface area contributed by atoms with Gasteiger partial charge in [0.1, 0.15) is 0 Å². The lowest BCUT2D eigenvalue weighted by Gasteiger charge is -2.27. The molecule has 1 saturated heterocycles. The van der Waals surface area contributed by atoms with Crippen molar-refractivity contribution in [1.82, 2.24) is 4.98 Å². The molecule has 1 aliphatic heterocycles.